The molecule has 6 nitrogen and oxygen atoms in total. The van der Waals surface area contributed by atoms with Crippen molar-refractivity contribution in [2.75, 3.05) is 18.6 Å². The van der Waals surface area contributed by atoms with Crippen LogP contribution in [0.1, 0.15) is 6.42 Å². The predicted molar refractivity (Wildman–Crippen MR) is 66.1 cm³/mol. The minimum Gasteiger partial charge on any atom is -0.465 e. The Kier molecular flexibility index (Phi) is 4.09. The number of halogens is 1. The Morgan fingerprint density at radius 3 is 2.65 bits per heavy atom. The third kappa shape index (κ3) is 2.83. The first-order valence-electron chi connectivity index (χ1n) is 6.05. The molecule has 20 heavy (non-hydrogen) atoms. The monoisotopic (exact) mass is 281 g/mol. The molecular weight excluding hydrogens is 267 g/mol. The van der Waals surface area contributed by atoms with Crippen LogP contribution in [0.2, 0.25) is 0 Å². The number of ether oxygens (including phenoxy) is 1. The van der Waals surface area contributed by atoms with E-state index in [1.807, 2.05) is 0 Å². The van der Waals surface area contributed by atoms with Crippen LogP contribution in [0.4, 0.5) is 10.1 Å². The van der Waals surface area contributed by atoms with Gasteiger partial charge in [0.15, 0.2) is 12.6 Å². The van der Waals surface area contributed by atoms with Crippen LogP contribution in [0.25, 0.3) is 0 Å². The number of carbonyl (C=O) groups is 3. The molecule has 1 aliphatic rings. The van der Waals surface area contributed by atoms with Gasteiger partial charge < -0.3 is 10.1 Å². The molecule has 1 saturated heterocycles. The number of esters is 1. The normalized spacial score (nSPS) is 18.5. The molecule has 1 aliphatic heterocycles. The summed E-state index contributed by atoms with van der Waals surface area (Å²) in [6, 6.07) is 4.45. The lowest BCUT2D eigenvalue weighted by atomic mass is 10.2. The molecule has 0 unspecified atom stereocenters. The summed E-state index contributed by atoms with van der Waals surface area (Å²) in [5, 5.41) is 1.47. The highest BCUT2D eigenvalue weighted by Crippen LogP contribution is 2.21. The summed E-state index contributed by atoms with van der Waals surface area (Å²) in [4.78, 5) is 36.1. The van der Waals surface area contributed by atoms with Crippen LogP contribution in [-0.2, 0) is 19.1 Å². The van der Waals surface area contributed by atoms with Crippen LogP contribution in [0, 0.1) is 5.82 Å². The smallest absolute Gasteiger partial charge is 0.361 e. The van der Waals surface area contributed by atoms with E-state index >= 15 is 0 Å². The maximum atomic E-state index is 12.8. The molecule has 2 amide bonds. The number of nitrogens with zero attached hydrogens (tertiary/aromatic N) is 1. The number of carbonyl (C=O) groups excluding carboxylic acids is 3. The van der Waals surface area contributed by atoms with Crippen LogP contribution < -0.4 is 10.2 Å². The SMILES string of the molecule is COC(=O)C[NH2+][C@@H]1CC(=O)N(c2ccc(F)cc2)C1=O. The van der Waals surface area contributed by atoms with E-state index in [4.69, 9.17) is 0 Å². The molecule has 1 heterocycles. The van der Waals surface area contributed by atoms with E-state index in [1.54, 1.807) is 0 Å². The Bertz CT molecular complexity index is 544. The summed E-state index contributed by atoms with van der Waals surface area (Å²) in [7, 11) is 1.25. The molecule has 2 N–H and O–H groups in total. The molecule has 2 rings (SSSR count). The second-order valence-electron chi connectivity index (χ2n) is 4.37. The topological polar surface area (TPSA) is 80.3 Å². The van der Waals surface area contributed by atoms with Gasteiger partial charge in [-0.2, -0.15) is 0 Å². The summed E-state index contributed by atoms with van der Waals surface area (Å²) in [6.07, 6.45) is 0.00715. The number of hydrogen-bond acceptors (Lipinski definition) is 4. The van der Waals surface area contributed by atoms with E-state index < -0.39 is 23.7 Å². The van der Waals surface area contributed by atoms with Gasteiger partial charge in [-0.1, -0.05) is 0 Å². The van der Waals surface area contributed by atoms with Gasteiger partial charge in [-0.25, -0.2) is 14.1 Å². The van der Waals surface area contributed by atoms with Crippen LogP contribution >= 0.6 is 0 Å². The molecule has 0 bridgehead atoms. The Morgan fingerprint density at radius 2 is 2.05 bits per heavy atom. The van der Waals surface area contributed by atoms with E-state index in [2.05, 4.69) is 4.74 Å². The summed E-state index contributed by atoms with van der Waals surface area (Å²) in [5.74, 6) is -1.69. The largest absolute Gasteiger partial charge is 0.465 e. The average Bonchev–Trinajstić information content (AvgIpc) is 2.72. The first-order valence-corrected chi connectivity index (χ1v) is 6.05. The lowest BCUT2D eigenvalue weighted by Gasteiger charge is -2.13. The van der Waals surface area contributed by atoms with E-state index in [1.165, 1.54) is 36.7 Å². The molecular formula is C13H14FN2O4+. The van der Waals surface area contributed by atoms with Crippen LogP contribution in [0.15, 0.2) is 24.3 Å². The zero-order chi connectivity index (χ0) is 14.7. The van der Waals surface area contributed by atoms with Gasteiger partial charge in [-0.3, -0.25) is 9.59 Å². The number of hydrogen-bond donors (Lipinski definition) is 1. The fraction of sp³-hybridized carbons (Fsp3) is 0.308. The lowest BCUT2D eigenvalue weighted by molar-refractivity contribution is -0.665. The standard InChI is InChI=1S/C13H13FN2O4/c1-20-12(18)7-15-10-6-11(17)16(13(10)19)9-4-2-8(14)3-5-9/h2-5,10,15H,6-7H2,1H3/p+1/t10-/m1/s1. The molecule has 0 radical (unpaired) electrons. The van der Waals surface area contributed by atoms with Crippen molar-refractivity contribution >= 4 is 23.5 Å². The van der Waals surface area contributed by atoms with Crippen molar-refractivity contribution in [2.24, 2.45) is 0 Å². The molecule has 106 valence electrons. The molecule has 1 atom stereocenters. The van der Waals surface area contributed by atoms with Gasteiger partial charge in [-0.15, -0.1) is 0 Å². The second kappa shape index (κ2) is 5.79. The third-order valence-electron chi connectivity index (χ3n) is 3.06. The van der Waals surface area contributed by atoms with Crippen LogP contribution in [0.5, 0.6) is 0 Å². The second-order valence-corrected chi connectivity index (χ2v) is 4.37. The van der Waals surface area contributed by atoms with E-state index in [9.17, 15) is 18.8 Å². The maximum Gasteiger partial charge on any atom is 0.361 e. The molecule has 0 saturated carbocycles. The minimum absolute atomic E-state index is 0.00715. The summed E-state index contributed by atoms with van der Waals surface area (Å²) in [5.41, 5.74) is 0.329. The average molecular weight is 281 g/mol. The van der Waals surface area contributed by atoms with Crippen LogP contribution in [-0.4, -0.2) is 37.5 Å². The molecule has 0 spiro atoms. The van der Waals surface area contributed by atoms with E-state index in [-0.39, 0.29) is 18.9 Å². The number of quaternary nitrogens is 1. The van der Waals surface area contributed by atoms with Gasteiger partial charge in [-0.05, 0) is 24.3 Å². The predicted octanol–water partition coefficient (Wildman–Crippen LogP) is -0.806. The molecule has 0 aliphatic carbocycles. The highest BCUT2D eigenvalue weighted by Gasteiger charge is 2.42. The van der Waals surface area contributed by atoms with Crippen molar-refractivity contribution in [1.29, 1.82) is 0 Å². The van der Waals surface area contributed by atoms with Gasteiger partial charge in [0.05, 0.1) is 19.2 Å². The van der Waals surface area contributed by atoms with Crippen LogP contribution in [0.3, 0.4) is 0 Å². The number of amides is 2. The van der Waals surface area contributed by atoms with Gasteiger partial charge in [0.2, 0.25) is 5.91 Å². The van der Waals surface area contributed by atoms with Crippen molar-refractivity contribution in [1.82, 2.24) is 0 Å². The van der Waals surface area contributed by atoms with Crippen molar-refractivity contribution in [3.05, 3.63) is 30.1 Å². The molecule has 7 heteroatoms. The zero-order valence-electron chi connectivity index (χ0n) is 10.8. The van der Waals surface area contributed by atoms with Gasteiger partial charge in [0.25, 0.3) is 5.91 Å². The molecule has 1 aromatic carbocycles. The first-order chi connectivity index (χ1) is 9.52. The first kappa shape index (κ1) is 14.1. The molecule has 1 aromatic rings. The fourth-order valence-corrected chi connectivity index (χ4v) is 2.02. The number of imide groups is 1. The summed E-state index contributed by atoms with van der Waals surface area (Å²) < 4.78 is 17.3. The van der Waals surface area contributed by atoms with Gasteiger partial charge in [0.1, 0.15) is 5.82 Å². The fourth-order valence-electron chi connectivity index (χ4n) is 2.02. The van der Waals surface area contributed by atoms with E-state index in [0.717, 1.165) is 4.90 Å². The summed E-state index contributed by atoms with van der Waals surface area (Å²) >= 11 is 0. The summed E-state index contributed by atoms with van der Waals surface area (Å²) in [6.45, 7) is -0.0303. The Morgan fingerprint density at radius 1 is 1.40 bits per heavy atom. The Hall–Kier alpha value is -2.28. The van der Waals surface area contributed by atoms with Gasteiger partial charge in [0, 0.05) is 0 Å². The minimum atomic E-state index is -0.647. The van der Waals surface area contributed by atoms with Crippen molar-refractivity contribution in [3.63, 3.8) is 0 Å². The zero-order valence-corrected chi connectivity index (χ0v) is 10.8. The Labute approximate surface area is 114 Å². The Balaban J connectivity index is 2.09. The number of anilines is 1. The molecule has 1 fully saturated rings. The van der Waals surface area contributed by atoms with Crippen molar-refractivity contribution in [2.45, 2.75) is 12.5 Å². The quantitative estimate of drug-likeness (QED) is 0.578. The van der Waals surface area contributed by atoms with Crippen molar-refractivity contribution < 1.29 is 28.8 Å². The van der Waals surface area contributed by atoms with E-state index in [0.29, 0.717) is 5.69 Å². The van der Waals surface area contributed by atoms with Crippen molar-refractivity contribution in [3.8, 4) is 0 Å². The van der Waals surface area contributed by atoms with Gasteiger partial charge >= 0.3 is 5.97 Å². The number of methoxy groups -OCH3 is 1. The highest BCUT2D eigenvalue weighted by atomic mass is 19.1. The number of rotatable bonds is 4. The maximum absolute atomic E-state index is 12.8. The molecule has 0 aromatic heterocycles. The number of benzene rings is 1. The number of nitrogens with two attached hydrogens (primary N) is 1. The lowest BCUT2D eigenvalue weighted by Crippen LogP contribution is -2.93. The third-order valence-corrected chi connectivity index (χ3v) is 3.06. The highest BCUT2D eigenvalue weighted by molar-refractivity contribution is 6.21.